The lowest BCUT2D eigenvalue weighted by atomic mass is 10.1. The van der Waals surface area contributed by atoms with Gasteiger partial charge in [-0.3, -0.25) is 0 Å². The first-order valence-corrected chi connectivity index (χ1v) is 4.36. The normalized spacial score (nSPS) is 12.4. The van der Waals surface area contributed by atoms with Crippen LogP contribution in [0.5, 0.6) is 0 Å². The second-order valence-corrected chi connectivity index (χ2v) is 2.90. The second kappa shape index (κ2) is 6.78. The van der Waals surface area contributed by atoms with Crippen molar-refractivity contribution in [1.82, 2.24) is 0 Å². The molecule has 0 saturated heterocycles. The number of ether oxygens (including phenoxy) is 1. The number of aliphatic hydroxyl groups is 1. The van der Waals surface area contributed by atoms with Crippen LogP contribution in [-0.4, -0.2) is 34.9 Å². The van der Waals surface area contributed by atoms with Crippen LogP contribution in [0, 0.1) is 0 Å². The van der Waals surface area contributed by atoms with Gasteiger partial charge in [0.25, 0.3) is 0 Å². The van der Waals surface area contributed by atoms with Gasteiger partial charge in [0.05, 0.1) is 6.10 Å². The molecule has 84 valence electrons. The summed E-state index contributed by atoms with van der Waals surface area (Å²) in [6.07, 6.45) is 1.55. The summed E-state index contributed by atoms with van der Waals surface area (Å²) in [5.74, 6) is -1.74. The van der Waals surface area contributed by atoms with Gasteiger partial charge in [0.1, 0.15) is 6.61 Å². The molecule has 0 rings (SSSR count). The molecule has 0 fully saturated rings. The molecule has 0 aromatic carbocycles. The number of allylic oxidation sites excluding steroid dienone is 1. The molecule has 0 spiro atoms. The molecule has 15 heavy (non-hydrogen) atoms. The second-order valence-electron chi connectivity index (χ2n) is 2.90. The summed E-state index contributed by atoms with van der Waals surface area (Å²) in [6.45, 7) is 4.66. The minimum atomic E-state index is -1.17. The van der Waals surface area contributed by atoms with Crippen molar-refractivity contribution >= 4 is 11.9 Å². The lowest BCUT2D eigenvalue weighted by molar-refractivity contribution is -0.140. The molecule has 2 N–H and O–H groups in total. The van der Waals surface area contributed by atoms with Crippen molar-refractivity contribution < 1.29 is 24.5 Å². The molecule has 0 aromatic heterocycles. The fourth-order valence-corrected chi connectivity index (χ4v) is 0.793. The zero-order chi connectivity index (χ0) is 11.8. The van der Waals surface area contributed by atoms with Gasteiger partial charge in [-0.25, -0.2) is 9.59 Å². The van der Waals surface area contributed by atoms with Gasteiger partial charge in [-0.1, -0.05) is 12.7 Å². The molecular formula is C10H14O5. The van der Waals surface area contributed by atoms with Gasteiger partial charge in [-0.2, -0.15) is 0 Å². The van der Waals surface area contributed by atoms with Crippen molar-refractivity contribution in [3.63, 3.8) is 0 Å². The van der Waals surface area contributed by atoms with Gasteiger partial charge >= 0.3 is 11.9 Å². The van der Waals surface area contributed by atoms with E-state index in [9.17, 15) is 14.7 Å². The van der Waals surface area contributed by atoms with Crippen LogP contribution in [0.3, 0.4) is 0 Å². The summed E-state index contributed by atoms with van der Waals surface area (Å²) in [5, 5.41) is 17.7. The highest BCUT2D eigenvalue weighted by molar-refractivity contribution is 5.85. The van der Waals surface area contributed by atoms with Gasteiger partial charge < -0.3 is 14.9 Å². The fraction of sp³-hybridized carbons (Fsp3) is 0.400. The first-order chi connectivity index (χ1) is 6.97. The quantitative estimate of drug-likeness (QED) is 0.496. The van der Waals surface area contributed by atoms with E-state index >= 15 is 0 Å². The number of esters is 1. The Labute approximate surface area is 87.7 Å². The Hall–Kier alpha value is -1.62. The Morgan fingerprint density at radius 2 is 2.13 bits per heavy atom. The molecule has 0 aromatic rings. The van der Waals surface area contributed by atoms with E-state index < -0.39 is 18.0 Å². The monoisotopic (exact) mass is 214 g/mol. The molecule has 0 amide bonds. The lowest BCUT2D eigenvalue weighted by Crippen LogP contribution is -2.19. The number of aliphatic carboxylic acids is 1. The van der Waals surface area contributed by atoms with Crippen molar-refractivity contribution in [3.8, 4) is 0 Å². The van der Waals surface area contributed by atoms with E-state index in [1.54, 1.807) is 6.92 Å². The van der Waals surface area contributed by atoms with E-state index in [2.05, 4.69) is 11.3 Å². The predicted octanol–water partition coefficient (Wildman–Crippen LogP) is 0.497. The van der Waals surface area contributed by atoms with Crippen molar-refractivity contribution in [2.75, 3.05) is 6.61 Å². The summed E-state index contributed by atoms with van der Waals surface area (Å²) >= 11 is 0. The molecule has 0 bridgehead atoms. The molecular weight excluding hydrogens is 200 g/mol. The minimum Gasteiger partial charge on any atom is -0.478 e. The predicted molar refractivity (Wildman–Crippen MR) is 53.2 cm³/mol. The molecule has 5 heteroatoms. The van der Waals surface area contributed by atoms with Crippen molar-refractivity contribution in [2.24, 2.45) is 0 Å². The third-order valence-corrected chi connectivity index (χ3v) is 1.51. The molecule has 0 aliphatic carbocycles. The van der Waals surface area contributed by atoms with E-state index in [0.29, 0.717) is 0 Å². The topological polar surface area (TPSA) is 83.8 Å². The van der Waals surface area contributed by atoms with E-state index in [-0.39, 0.29) is 18.6 Å². The van der Waals surface area contributed by atoms with Crippen LogP contribution in [0.4, 0.5) is 0 Å². The van der Waals surface area contributed by atoms with Crippen molar-refractivity contribution in [1.29, 1.82) is 0 Å². The number of carboxylic acid groups (broad SMARTS) is 1. The number of carbonyl (C=O) groups is 2. The van der Waals surface area contributed by atoms with Gasteiger partial charge in [0.2, 0.25) is 0 Å². The van der Waals surface area contributed by atoms with Gasteiger partial charge in [-0.15, -0.1) is 0 Å². The minimum absolute atomic E-state index is 0.121. The molecule has 0 heterocycles. The van der Waals surface area contributed by atoms with Crippen molar-refractivity contribution in [3.05, 3.63) is 24.3 Å². The molecule has 0 radical (unpaired) electrons. The zero-order valence-electron chi connectivity index (χ0n) is 8.47. The molecule has 1 atom stereocenters. The Bertz CT molecular complexity index is 280. The van der Waals surface area contributed by atoms with Gasteiger partial charge in [0.15, 0.2) is 0 Å². The maximum atomic E-state index is 10.8. The van der Waals surface area contributed by atoms with E-state index in [1.807, 2.05) is 0 Å². The van der Waals surface area contributed by atoms with Crippen molar-refractivity contribution in [2.45, 2.75) is 19.4 Å². The number of hydrogen-bond acceptors (Lipinski definition) is 4. The summed E-state index contributed by atoms with van der Waals surface area (Å²) < 4.78 is 4.62. The Morgan fingerprint density at radius 1 is 1.53 bits per heavy atom. The number of carboxylic acids is 1. The highest BCUT2D eigenvalue weighted by Crippen LogP contribution is 2.03. The standard InChI is InChI=1S/C10H14O5/c1-3-4-9(12)15-6-8(11)5-7(2)10(13)14/h3-4,8,11H,2,5-6H2,1H3,(H,13,14)/b4-3+. The average Bonchev–Trinajstić information content (AvgIpc) is 2.15. The van der Waals surface area contributed by atoms with Gasteiger partial charge in [0, 0.05) is 18.1 Å². The first-order valence-electron chi connectivity index (χ1n) is 4.36. The number of aliphatic hydroxyl groups excluding tert-OH is 1. The molecule has 0 aliphatic rings. The first kappa shape index (κ1) is 13.4. The van der Waals surface area contributed by atoms with Crippen LogP contribution in [0.1, 0.15) is 13.3 Å². The largest absolute Gasteiger partial charge is 0.478 e. The number of hydrogen-bond donors (Lipinski definition) is 2. The highest BCUT2D eigenvalue weighted by Gasteiger charge is 2.12. The third-order valence-electron chi connectivity index (χ3n) is 1.51. The summed E-state index contributed by atoms with van der Waals surface area (Å²) in [7, 11) is 0. The number of carbonyl (C=O) groups excluding carboxylic acids is 1. The fourth-order valence-electron chi connectivity index (χ4n) is 0.793. The average molecular weight is 214 g/mol. The van der Waals surface area contributed by atoms with Crippen LogP contribution >= 0.6 is 0 Å². The van der Waals surface area contributed by atoms with Crippen LogP contribution in [0.15, 0.2) is 24.3 Å². The van der Waals surface area contributed by atoms with Crippen LogP contribution in [0.25, 0.3) is 0 Å². The smallest absolute Gasteiger partial charge is 0.331 e. The van der Waals surface area contributed by atoms with Crippen LogP contribution in [0.2, 0.25) is 0 Å². The Balaban J connectivity index is 3.85. The van der Waals surface area contributed by atoms with E-state index in [1.165, 1.54) is 12.2 Å². The highest BCUT2D eigenvalue weighted by atomic mass is 16.5. The zero-order valence-corrected chi connectivity index (χ0v) is 8.47. The Kier molecular flexibility index (Phi) is 6.05. The maximum Gasteiger partial charge on any atom is 0.331 e. The van der Waals surface area contributed by atoms with E-state index in [4.69, 9.17) is 5.11 Å². The molecule has 0 aliphatic heterocycles. The van der Waals surface area contributed by atoms with Crippen LogP contribution < -0.4 is 0 Å². The summed E-state index contributed by atoms with van der Waals surface area (Å²) in [6, 6.07) is 0. The number of rotatable bonds is 6. The molecule has 0 saturated carbocycles. The molecule has 5 nitrogen and oxygen atoms in total. The van der Waals surface area contributed by atoms with Crippen LogP contribution in [-0.2, 0) is 14.3 Å². The molecule has 1 unspecified atom stereocenters. The lowest BCUT2D eigenvalue weighted by Gasteiger charge is -2.09. The summed E-state index contributed by atoms with van der Waals surface area (Å²) in [5.41, 5.74) is -0.121. The summed E-state index contributed by atoms with van der Waals surface area (Å²) in [4.78, 5) is 21.2. The Morgan fingerprint density at radius 3 is 2.60 bits per heavy atom. The third kappa shape index (κ3) is 6.45. The van der Waals surface area contributed by atoms with Gasteiger partial charge in [-0.05, 0) is 6.92 Å². The SMILES string of the molecule is C=C(CC(O)COC(=O)/C=C/C)C(=O)O. The van der Waals surface area contributed by atoms with E-state index in [0.717, 1.165) is 0 Å². The maximum absolute atomic E-state index is 10.8.